The molecule has 1 aromatic rings. The summed E-state index contributed by atoms with van der Waals surface area (Å²) < 4.78 is 37.0. The van der Waals surface area contributed by atoms with Crippen LogP contribution in [0.5, 0.6) is 0 Å². The van der Waals surface area contributed by atoms with Gasteiger partial charge in [-0.15, -0.1) is 0 Å². The predicted molar refractivity (Wildman–Crippen MR) is 41.1 cm³/mol. The van der Waals surface area contributed by atoms with E-state index in [2.05, 4.69) is 9.97 Å². The van der Waals surface area contributed by atoms with Crippen LogP contribution in [0.2, 0.25) is 0 Å². The molecular formula is C8H9F3N2. The summed E-state index contributed by atoms with van der Waals surface area (Å²) >= 11 is 0. The van der Waals surface area contributed by atoms with Gasteiger partial charge < -0.3 is 0 Å². The van der Waals surface area contributed by atoms with Crippen LogP contribution in [-0.4, -0.2) is 9.97 Å². The zero-order valence-corrected chi connectivity index (χ0v) is 7.31. The fourth-order valence-electron chi connectivity index (χ4n) is 0.999. The quantitative estimate of drug-likeness (QED) is 0.679. The van der Waals surface area contributed by atoms with Gasteiger partial charge in [0.15, 0.2) is 5.69 Å². The van der Waals surface area contributed by atoms with Crippen LogP contribution in [0.25, 0.3) is 0 Å². The second-order valence-corrected chi connectivity index (χ2v) is 2.64. The first kappa shape index (κ1) is 9.95. The van der Waals surface area contributed by atoms with Gasteiger partial charge in [-0.05, 0) is 13.3 Å². The van der Waals surface area contributed by atoms with Crippen molar-refractivity contribution < 1.29 is 13.2 Å². The number of aromatic nitrogens is 2. The van der Waals surface area contributed by atoms with E-state index in [1.807, 2.05) is 0 Å². The smallest absolute Gasteiger partial charge is 0.241 e. The summed E-state index contributed by atoms with van der Waals surface area (Å²) in [6, 6.07) is 0. The lowest BCUT2D eigenvalue weighted by molar-refractivity contribution is -0.142. The molecule has 0 amide bonds. The SMILES string of the molecule is CCc1cnc(C)nc1C(F)(F)F. The molecule has 0 N–H and O–H groups in total. The molecule has 2 nitrogen and oxygen atoms in total. The van der Waals surface area contributed by atoms with Gasteiger partial charge in [0.05, 0.1) is 0 Å². The minimum absolute atomic E-state index is 0.137. The molecule has 0 aliphatic rings. The molecule has 1 heterocycles. The lowest BCUT2D eigenvalue weighted by atomic mass is 10.2. The van der Waals surface area contributed by atoms with Gasteiger partial charge in [-0.1, -0.05) is 6.92 Å². The maximum absolute atomic E-state index is 12.3. The Kier molecular flexibility index (Phi) is 2.54. The van der Waals surface area contributed by atoms with Gasteiger partial charge in [0.25, 0.3) is 0 Å². The van der Waals surface area contributed by atoms with Crippen molar-refractivity contribution in [1.82, 2.24) is 9.97 Å². The van der Waals surface area contributed by atoms with Gasteiger partial charge in [0.1, 0.15) is 5.82 Å². The number of hydrogen-bond donors (Lipinski definition) is 0. The van der Waals surface area contributed by atoms with Gasteiger partial charge in [-0.3, -0.25) is 0 Å². The molecule has 0 fully saturated rings. The second kappa shape index (κ2) is 3.32. The van der Waals surface area contributed by atoms with Crippen LogP contribution >= 0.6 is 0 Å². The normalized spacial score (nSPS) is 11.8. The molecule has 1 aromatic heterocycles. The third-order valence-corrected chi connectivity index (χ3v) is 1.63. The highest BCUT2D eigenvalue weighted by Crippen LogP contribution is 2.30. The van der Waals surface area contributed by atoms with Crippen molar-refractivity contribution in [2.24, 2.45) is 0 Å². The minimum Gasteiger partial charge on any atom is -0.241 e. The molecule has 0 aromatic carbocycles. The Morgan fingerprint density at radius 3 is 2.46 bits per heavy atom. The van der Waals surface area contributed by atoms with E-state index in [9.17, 15) is 13.2 Å². The molecule has 0 saturated heterocycles. The fraction of sp³-hybridized carbons (Fsp3) is 0.500. The summed E-state index contributed by atoms with van der Waals surface area (Å²) in [5.41, 5.74) is -0.680. The highest BCUT2D eigenvalue weighted by atomic mass is 19.4. The molecule has 13 heavy (non-hydrogen) atoms. The van der Waals surface area contributed by atoms with Crippen molar-refractivity contribution in [2.75, 3.05) is 0 Å². The molecule has 0 spiro atoms. The van der Waals surface area contributed by atoms with Crippen LogP contribution in [0, 0.1) is 6.92 Å². The molecular weight excluding hydrogens is 181 g/mol. The van der Waals surface area contributed by atoms with E-state index in [1.54, 1.807) is 6.92 Å². The van der Waals surface area contributed by atoms with Crippen LogP contribution in [0.3, 0.4) is 0 Å². The first-order valence-electron chi connectivity index (χ1n) is 3.85. The molecule has 0 atom stereocenters. The summed E-state index contributed by atoms with van der Waals surface area (Å²) in [6.45, 7) is 3.08. The Hall–Kier alpha value is -1.13. The molecule has 0 bridgehead atoms. The zero-order valence-electron chi connectivity index (χ0n) is 7.31. The van der Waals surface area contributed by atoms with Gasteiger partial charge in [0.2, 0.25) is 0 Å². The number of halogens is 3. The number of aryl methyl sites for hydroxylation is 2. The van der Waals surface area contributed by atoms with E-state index < -0.39 is 11.9 Å². The Morgan fingerprint density at radius 1 is 1.38 bits per heavy atom. The maximum Gasteiger partial charge on any atom is 0.433 e. The average Bonchev–Trinajstić information content (AvgIpc) is 2.03. The van der Waals surface area contributed by atoms with Crippen LogP contribution in [-0.2, 0) is 12.6 Å². The summed E-state index contributed by atoms with van der Waals surface area (Å²) in [4.78, 5) is 7.09. The summed E-state index contributed by atoms with van der Waals surface area (Å²) in [5.74, 6) is 0.143. The van der Waals surface area contributed by atoms with E-state index in [0.29, 0.717) is 0 Å². The lowest BCUT2D eigenvalue weighted by Gasteiger charge is -2.09. The number of alkyl halides is 3. The highest BCUT2D eigenvalue weighted by molar-refractivity contribution is 5.20. The summed E-state index contributed by atoms with van der Waals surface area (Å²) in [7, 11) is 0. The first-order valence-corrected chi connectivity index (χ1v) is 3.85. The van der Waals surface area contributed by atoms with E-state index in [1.165, 1.54) is 13.1 Å². The van der Waals surface area contributed by atoms with Crippen LogP contribution < -0.4 is 0 Å². The third-order valence-electron chi connectivity index (χ3n) is 1.63. The number of nitrogens with zero attached hydrogens (tertiary/aromatic N) is 2. The Bertz CT molecular complexity index is 307. The summed E-state index contributed by atoms with van der Waals surface area (Å²) in [6.07, 6.45) is -2.86. The van der Waals surface area contributed by atoms with E-state index >= 15 is 0 Å². The molecule has 0 saturated carbocycles. The Morgan fingerprint density at radius 2 is 2.00 bits per heavy atom. The van der Waals surface area contributed by atoms with Crippen LogP contribution in [0.1, 0.15) is 24.0 Å². The van der Waals surface area contributed by atoms with Crippen molar-refractivity contribution in [3.8, 4) is 0 Å². The van der Waals surface area contributed by atoms with Gasteiger partial charge in [-0.25, -0.2) is 9.97 Å². The van der Waals surface area contributed by atoms with Crippen LogP contribution in [0.15, 0.2) is 6.20 Å². The van der Waals surface area contributed by atoms with E-state index in [-0.39, 0.29) is 17.8 Å². The monoisotopic (exact) mass is 190 g/mol. The topological polar surface area (TPSA) is 25.8 Å². The molecule has 0 aliphatic heterocycles. The molecule has 0 unspecified atom stereocenters. The number of rotatable bonds is 1. The standard InChI is InChI=1S/C8H9F3N2/c1-3-6-4-12-5(2)13-7(6)8(9,10)11/h4H,3H2,1-2H3. The third kappa shape index (κ3) is 2.17. The fourth-order valence-corrected chi connectivity index (χ4v) is 0.999. The van der Waals surface area contributed by atoms with Gasteiger partial charge in [0, 0.05) is 11.8 Å². The highest BCUT2D eigenvalue weighted by Gasteiger charge is 2.35. The Labute approximate surface area is 73.8 Å². The van der Waals surface area contributed by atoms with E-state index in [0.717, 1.165) is 0 Å². The first-order chi connectivity index (χ1) is 5.95. The van der Waals surface area contributed by atoms with Crippen molar-refractivity contribution in [2.45, 2.75) is 26.4 Å². The van der Waals surface area contributed by atoms with Crippen molar-refractivity contribution in [1.29, 1.82) is 0 Å². The largest absolute Gasteiger partial charge is 0.433 e. The number of hydrogen-bond acceptors (Lipinski definition) is 2. The zero-order chi connectivity index (χ0) is 10.1. The lowest BCUT2D eigenvalue weighted by Crippen LogP contribution is -2.13. The molecule has 0 aliphatic carbocycles. The predicted octanol–water partition coefficient (Wildman–Crippen LogP) is 2.37. The minimum atomic E-state index is -4.38. The van der Waals surface area contributed by atoms with Crippen molar-refractivity contribution in [3.05, 3.63) is 23.3 Å². The van der Waals surface area contributed by atoms with Crippen LogP contribution in [0.4, 0.5) is 13.2 Å². The average molecular weight is 190 g/mol. The molecule has 5 heteroatoms. The summed E-state index contributed by atoms with van der Waals surface area (Å²) in [5, 5.41) is 0. The van der Waals surface area contributed by atoms with Crippen molar-refractivity contribution >= 4 is 0 Å². The Balaban J connectivity index is 3.24. The molecule has 1 rings (SSSR count). The van der Waals surface area contributed by atoms with Crippen molar-refractivity contribution in [3.63, 3.8) is 0 Å². The second-order valence-electron chi connectivity index (χ2n) is 2.64. The van der Waals surface area contributed by atoms with Gasteiger partial charge in [-0.2, -0.15) is 13.2 Å². The maximum atomic E-state index is 12.3. The molecule has 0 radical (unpaired) electrons. The molecule has 72 valence electrons. The van der Waals surface area contributed by atoms with E-state index in [4.69, 9.17) is 0 Å². The van der Waals surface area contributed by atoms with Gasteiger partial charge >= 0.3 is 6.18 Å².